The minimum Gasteiger partial charge on any atom is -0.444 e. The van der Waals surface area contributed by atoms with Gasteiger partial charge in [0.25, 0.3) is 0 Å². The van der Waals surface area contributed by atoms with E-state index in [9.17, 15) is 9.18 Å². The van der Waals surface area contributed by atoms with E-state index in [2.05, 4.69) is 20.0 Å². The maximum absolute atomic E-state index is 13.9. The van der Waals surface area contributed by atoms with Gasteiger partial charge in [0, 0.05) is 31.4 Å². The highest BCUT2D eigenvalue weighted by molar-refractivity contribution is 5.79. The Morgan fingerprint density at radius 1 is 1.33 bits per heavy atom. The lowest BCUT2D eigenvalue weighted by Gasteiger charge is -2.34. The van der Waals surface area contributed by atoms with Gasteiger partial charge in [0.05, 0.1) is 29.8 Å². The molecule has 1 atom stereocenters. The standard InChI is InChI=1S/C24H27FN6O2/c1-24(2,3)33-23(32)28-19-6-5-11-30(14-19)22-29-20-12-16(25)7-10-21(20)31(22)15-18-9-8-17(26-4)13-27-18/h7-10,12-13,19H,5-6,11,14-15H2,1-3H3,(H,28,32)/t19-/m0/s1. The molecule has 0 saturated carbocycles. The highest BCUT2D eigenvalue weighted by Crippen LogP contribution is 2.27. The van der Waals surface area contributed by atoms with Gasteiger partial charge in [-0.2, -0.15) is 0 Å². The van der Waals surface area contributed by atoms with Crippen LogP contribution in [0.15, 0.2) is 36.5 Å². The van der Waals surface area contributed by atoms with E-state index in [1.807, 2.05) is 31.4 Å². The molecular weight excluding hydrogens is 423 g/mol. The monoisotopic (exact) mass is 450 g/mol. The molecule has 8 nitrogen and oxygen atoms in total. The number of nitrogens with zero attached hydrogens (tertiary/aromatic N) is 5. The maximum atomic E-state index is 13.9. The molecule has 3 aromatic rings. The van der Waals surface area contributed by atoms with Crippen LogP contribution >= 0.6 is 0 Å². The minimum atomic E-state index is -0.563. The third kappa shape index (κ3) is 5.40. The van der Waals surface area contributed by atoms with Crippen molar-refractivity contribution in [2.75, 3.05) is 18.0 Å². The van der Waals surface area contributed by atoms with E-state index in [0.717, 1.165) is 30.6 Å². The fraction of sp³-hybridized carbons (Fsp3) is 0.417. The zero-order valence-electron chi connectivity index (χ0n) is 19.0. The number of alkyl carbamates (subject to hydrolysis) is 1. The van der Waals surface area contributed by atoms with Gasteiger partial charge < -0.3 is 19.5 Å². The second-order valence-electron chi connectivity index (χ2n) is 9.18. The molecule has 1 amide bonds. The normalized spacial score (nSPS) is 16.5. The highest BCUT2D eigenvalue weighted by Gasteiger charge is 2.27. The molecule has 1 aliphatic rings. The Kier molecular flexibility index (Phi) is 6.18. The molecule has 9 heteroatoms. The molecule has 1 saturated heterocycles. The van der Waals surface area contributed by atoms with Gasteiger partial charge in [0.1, 0.15) is 11.4 Å². The van der Waals surface area contributed by atoms with E-state index in [-0.39, 0.29) is 11.9 Å². The number of halogens is 1. The quantitative estimate of drug-likeness (QED) is 0.585. The second kappa shape index (κ2) is 9.06. The zero-order chi connectivity index (χ0) is 23.6. The van der Waals surface area contributed by atoms with Crippen LogP contribution in [0.1, 0.15) is 39.3 Å². The summed E-state index contributed by atoms with van der Waals surface area (Å²) in [6.07, 6.45) is 2.82. The van der Waals surface area contributed by atoms with Crippen molar-refractivity contribution >= 4 is 28.8 Å². The first kappa shape index (κ1) is 22.5. The number of pyridine rings is 1. The van der Waals surface area contributed by atoms with Crippen LogP contribution in [0, 0.1) is 12.4 Å². The number of piperidine rings is 1. The molecule has 0 unspecified atom stereocenters. The molecule has 1 aliphatic heterocycles. The third-order valence-electron chi connectivity index (χ3n) is 5.37. The van der Waals surface area contributed by atoms with Crippen molar-refractivity contribution in [1.29, 1.82) is 0 Å². The van der Waals surface area contributed by atoms with Gasteiger partial charge in [-0.05, 0) is 51.8 Å². The number of aromatic nitrogens is 3. The Hall–Kier alpha value is -3.67. The zero-order valence-corrected chi connectivity index (χ0v) is 19.0. The lowest BCUT2D eigenvalue weighted by atomic mass is 10.1. The van der Waals surface area contributed by atoms with Crippen LogP contribution in [0.3, 0.4) is 0 Å². The number of ether oxygens (including phenoxy) is 1. The molecule has 33 heavy (non-hydrogen) atoms. The van der Waals surface area contributed by atoms with Crippen LogP contribution in [0.2, 0.25) is 0 Å². The number of imidazole rings is 1. The summed E-state index contributed by atoms with van der Waals surface area (Å²) >= 11 is 0. The molecule has 3 heterocycles. The summed E-state index contributed by atoms with van der Waals surface area (Å²) in [7, 11) is 0. The van der Waals surface area contributed by atoms with Gasteiger partial charge in [0.2, 0.25) is 11.6 Å². The fourth-order valence-electron chi connectivity index (χ4n) is 3.98. The van der Waals surface area contributed by atoms with Crippen molar-refractivity contribution in [1.82, 2.24) is 19.9 Å². The van der Waals surface area contributed by atoms with E-state index in [1.165, 1.54) is 12.1 Å². The first-order valence-corrected chi connectivity index (χ1v) is 10.9. The average Bonchev–Trinajstić information content (AvgIpc) is 3.10. The van der Waals surface area contributed by atoms with Crippen LogP contribution in [0.4, 0.5) is 20.8 Å². The van der Waals surface area contributed by atoms with Crippen molar-refractivity contribution in [2.24, 2.45) is 0 Å². The highest BCUT2D eigenvalue weighted by atomic mass is 19.1. The van der Waals surface area contributed by atoms with Crippen molar-refractivity contribution in [3.8, 4) is 0 Å². The van der Waals surface area contributed by atoms with Gasteiger partial charge in [0.15, 0.2) is 0 Å². The van der Waals surface area contributed by atoms with Crippen molar-refractivity contribution in [2.45, 2.75) is 51.8 Å². The first-order valence-electron chi connectivity index (χ1n) is 10.9. The summed E-state index contributed by atoms with van der Waals surface area (Å²) < 4.78 is 21.3. The minimum absolute atomic E-state index is 0.0883. The first-order chi connectivity index (χ1) is 15.7. The van der Waals surface area contributed by atoms with E-state index < -0.39 is 11.7 Å². The number of anilines is 1. The largest absolute Gasteiger partial charge is 0.444 e. The number of rotatable bonds is 4. The van der Waals surface area contributed by atoms with Crippen LogP contribution in [-0.4, -0.2) is 45.4 Å². The summed E-state index contributed by atoms with van der Waals surface area (Å²) in [6.45, 7) is 14.4. The molecule has 0 bridgehead atoms. The Balaban J connectivity index is 1.61. The van der Waals surface area contributed by atoms with Crippen LogP contribution in [0.25, 0.3) is 15.9 Å². The lowest BCUT2D eigenvalue weighted by Crippen LogP contribution is -2.49. The van der Waals surface area contributed by atoms with Gasteiger partial charge in [-0.1, -0.05) is 6.07 Å². The number of hydrogen-bond acceptors (Lipinski definition) is 5. The topological polar surface area (TPSA) is 76.6 Å². The lowest BCUT2D eigenvalue weighted by molar-refractivity contribution is 0.0500. The van der Waals surface area contributed by atoms with Gasteiger partial charge in [-0.3, -0.25) is 4.98 Å². The van der Waals surface area contributed by atoms with Crippen molar-refractivity contribution < 1.29 is 13.9 Å². The van der Waals surface area contributed by atoms with E-state index >= 15 is 0 Å². The molecule has 172 valence electrons. The number of carbonyl (C=O) groups is 1. The summed E-state index contributed by atoms with van der Waals surface area (Å²) in [5, 5.41) is 2.96. The molecule has 1 N–H and O–H groups in total. The number of nitrogens with one attached hydrogen (secondary N) is 1. The molecular formula is C24H27FN6O2. The number of hydrogen-bond donors (Lipinski definition) is 1. The Labute approximate surface area is 192 Å². The van der Waals surface area contributed by atoms with E-state index in [0.29, 0.717) is 30.2 Å². The summed E-state index contributed by atoms with van der Waals surface area (Å²) in [5.74, 6) is 0.351. The van der Waals surface area contributed by atoms with Gasteiger partial charge in [-0.25, -0.2) is 19.0 Å². The van der Waals surface area contributed by atoms with Crippen molar-refractivity contribution in [3.63, 3.8) is 0 Å². The SMILES string of the molecule is [C-]#[N+]c1ccc(Cn2c(N3CCC[C@H](NC(=O)OC(C)(C)C)C3)nc3cc(F)ccc32)nc1. The van der Waals surface area contributed by atoms with Crippen molar-refractivity contribution in [3.05, 3.63) is 59.5 Å². The molecule has 0 aliphatic carbocycles. The average molecular weight is 451 g/mol. The van der Waals surface area contributed by atoms with Gasteiger partial charge >= 0.3 is 6.09 Å². The second-order valence-corrected chi connectivity index (χ2v) is 9.18. The molecule has 0 radical (unpaired) electrons. The van der Waals surface area contributed by atoms with E-state index in [1.54, 1.807) is 18.3 Å². The molecule has 2 aromatic heterocycles. The number of amides is 1. The Bertz CT molecular complexity index is 1190. The van der Waals surface area contributed by atoms with Crippen LogP contribution in [0.5, 0.6) is 0 Å². The molecule has 1 aromatic carbocycles. The maximum Gasteiger partial charge on any atom is 0.407 e. The number of carbonyl (C=O) groups excluding carboxylic acids is 1. The number of benzene rings is 1. The predicted molar refractivity (Wildman–Crippen MR) is 124 cm³/mol. The van der Waals surface area contributed by atoms with Crippen LogP contribution < -0.4 is 10.2 Å². The summed E-state index contributed by atoms with van der Waals surface area (Å²) in [4.78, 5) is 26.9. The van der Waals surface area contributed by atoms with E-state index in [4.69, 9.17) is 16.3 Å². The number of fused-ring (bicyclic) bond motifs is 1. The van der Waals surface area contributed by atoms with Crippen LogP contribution in [-0.2, 0) is 11.3 Å². The molecule has 1 fully saturated rings. The summed E-state index contributed by atoms with van der Waals surface area (Å²) in [6, 6.07) is 8.02. The van der Waals surface area contributed by atoms with Gasteiger partial charge in [-0.15, -0.1) is 0 Å². The summed E-state index contributed by atoms with van der Waals surface area (Å²) in [5.41, 5.74) is 2.04. The molecule has 4 rings (SSSR count). The fourth-order valence-corrected chi connectivity index (χ4v) is 3.98. The third-order valence-corrected chi connectivity index (χ3v) is 5.37. The molecule has 0 spiro atoms. The Morgan fingerprint density at radius 2 is 2.15 bits per heavy atom. The predicted octanol–water partition coefficient (Wildman–Crippen LogP) is 4.66. The Morgan fingerprint density at radius 3 is 2.85 bits per heavy atom. The smallest absolute Gasteiger partial charge is 0.407 e.